The molecule has 0 saturated carbocycles. The number of benzene rings is 1. The summed E-state index contributed by atoms with van der Waals surface area (Å²) in [5.41, 5.74) is 6.13. The largest absolute Gasteiger partial charge is 0.484 e. The average molecular weight is 315 g/mol. The van der Waals surface area contributed by atoms with Crippen LogP contribution in [0.5, 0.6) is 5.75 Å². The van der Waals surface area contributed by atoms with Crippen LogP contribution in [0.4, 0.5) is 0 Å². The van der Waals surface area contributed by atoms with E-state index in [4.69, 9.17) is 10.5 Å². The number of rotatable bonds is 7. The first-order valence-electron chi connectivity index (χ1n) is 5.89. The summed E-state index contributed by atoms with van der Waals surface area (Å²) in [5, 5.41) is 3.36. The van der Waals surface area contributed by atoms with Gasteiger partial charge in [0.15, 0.2) is 6.61 Å². The molecule has 0 atom stereocenters. The molecule has 0 aliphatic carbocycles. The lowest BCUT2D eigenvalue weighted by molar-refractivity contribution is -0.119. The number of halogens is 1. The minimum atomic E-state index is -0.475. The third-order valence-corrected chi connectivity index (χ3v) is 3.04. The lowest BCUT2D eigenvalue weighted by Crippen LogP contribution is -2.20. The van der Waals surface area contributed by atoms with Crippen LogP contribution < -0.4 is 15.8 Å². The Morgan fingerprint density at radius 3 is 2.83 bits per heavy atom. The summed E-state index contributed by atoms with van der Waals surface area (Å²) in [7, 11) is 0. The highest BCUT2D eigenvalue weighted by Crippen LogP contribution is 2.22. The monoisotopic (exact) mass is 314 g/mol. The Morgan fingerprint density at radius 1 is 1.50 bits per heavy atom. The fraction of sp³-hybridized carbons (Fsp3) is 0.462. The molecule has 1 aromatic carbocycles. The SMILES string of the molecule is CC(C)CNCc1cc(OCC(N)=O)ccc1Br. The summed E-state index contributed by atoms with van der Waals surface area (Å²) in [5.74, 6) is 0.786. The van der Waals surface area contributed by atoms with E-state index < -0.39 is 5.91 Å². The van der Waals surface area contributed by atoms with Gasteiger partial charge in [-0.25, -0.2) is 0 Å². The van der Waals surface area contributed by atoms with Crippen molar-refractivity contribution in [1.29, 1.82) is 0 Å². The molecule has 0 radical (unpaired) electrons. The number of carbonyl (C=O) groups excluding carboxylic acids is 1. The number of amides is 1. The summed E-state index contributed by atoms with van der Waals surface area (Å²) in [6, 6.07) is 5.61. The van der Waals surface area contributed by atoms with Gasteiger partial charge in [-0.2, -0.15) is 0 Å². The Kier molecular flexibility index (Phi) is 6.15. The van der Waals surface area contributed by atoms with Crippen molar-refractivity contribution in [3.63, 3.8) is 0 Å². The van der Waals surface area contributed by atoms with Crippen LogP contribution in [0.1, 0.15) is 19.4 Å². The van der Waals surface area contributed by atoms with Crippen molar-refractivity contribution in [3.05, 3.63) is 28.2 Å². The van der Waals surface area contributed by atoms with Crippen molar-refractivity contribution < 1.29 is 9.53 Å². The molecule has 0 heterocycles. The van der Waals surface area contributed by atoms with Crippen molar-refractivity contribution in [1.82, 2.24) is 5.32 Å². The van der Waals surface area contributed by atoms with Gasteiger partial charge < -0.3 is 15.8 Å². The molecule has 0 unspecified atom stereocenters. The average Bonchev–Trinajstić information content (AvgIpc) is 2.29. The van der Waals surface area contributed by atoms with Crippen molar-refractivity contribution in [2.24, 2.45) is 11.7 Å². The number of nitrogens with one attached hydrogen (secondary N) is 1. The maximum Gasteiger partial charge on any atom is 0.255 e. The van der Waals surface area contributed by atoms with Crippen LogP contribution >= 0.6 is 15.9 Å². The zero-order valence-corrected chi connectivity index (χ0v) is 12.3. The van der Waals surface area contributed by atoms with E-state index in [1.165, 1.54) is 0 Å². The molecule has 0 aliphatic heterocycles. The summed E-state index contributed by atoms with van der Waals surface area (Å²) in [4.78, 5) is 10.6. The Morgan fingerprint density at radius 2 is 2.22 bits per heavy atom. The Labute approximate surface area is 116 Å². The molecule has 1 amide bonds. The summed E-state index contributed by atoms with van der Waals surface area (Å²) in [6.07, 6.45) is 0. The van der Waals surface area contributed by atoms with Gasteiger partial charge in [-0.15, -0.1) is 0 Å². The first-order chi connectivity index (χ1) is 8.49. The highest BCUT2D eigenvalue weighted by molar-refractivity contribution is 9.10. The second-order valence-electron chi connectivity index (χ2n) is 4.53. The lowest BCUT2D eigenvalue weighted by Gasteiger charge is -2.11. The van der Waals surface area contributed by atoms with Crippen molar-refractivity contribution >= 4 is 21.8 Å². The summed E-state index contributed by atoms with van der Waals surface area (Å²) in [6.45, 7) is 5.94. The predicted molar refractivity (Wildman–Crippen MR) is 75.4 cm³/mol. The van der Waals surface area contributed by atoms with Crippen LogP contribution in [-0.4, -0.2) is 19.1 Å². The van der Waals surface area contributed by atoms with E-state index in [2.05, 4.69) is 35.1 Å². The molecular weight excluding hydrogens is 296 g/mol. The molecule has 18 heavy (non-hydrogen) atoms. The second-order valence-corrected chi connectivity index (χ2v) is 5.39. The number of hydrogen-bond acceptors (Lipinski definition) is 3. The number of hydrogen-bond donors (Lipinski definition) is 2. The maximum atomic E-state index is 10.6. The second kappa shape index (κ2) is 7.38. The lowest BCUT2D eigenvalue weighted by atomic mass is 10.2. The third kappa shape index (κ3) is 5.51. The molecule has 100 valence electrons. The van der Waals surface area contributed by atoms with E-state index in [9.17, 15) is 4.79 Å². The molecule has 1 aromatic rings. The van der Waals surface area contributed by atoms with Gasteiger partial charge >= 0.3 is 0 Å². The van der Waals surface area contributed by atoms with E-state index in [-0.39, 0.29) is 6.61 Å². The molecule has 1 rings (SSSR count). The molecule has 0 aromatic heterocycles. The standard InChI is InChI=1S/C13H19BrN2O2/c1-9(2)6-16-7-10-5-11(3-4-12(10)14)18-8-13(15)17/h3-5,9,16H,6-8H2,1-2H3,(H2,15,17). The highest BCUT2D eigenvalue weighted by atomic mass is 79.9. The molecule has 4 nitrogen and oxygen atoms in total. The van der Waals surface area contributed by atoms with Gasteiger partial charge in [-0.05, 0) is 36.2 Å². The van der Waals surface area contributed by atoms with Gasteiger partial charge in [0.2, 0.25) is 0 Å². The number of nitrogens with two attached hydrogens (primary N) is 1. The Balaban J connectivity index is 2.60. The molecule has 0 fully saturated rings. The molecule has 5 heteroatoms. The van der Waals surface area contributed by atoms with Gasteiger partial charge in [-0.1, -0.05) is 29.8 Å². The van der Waals surface area contributed by atoms with Crippen LogP contribution in [0.25, 0.3) is 0 Å². The van der Waals surface area contributed by atoms with Crippen LogP contribution in [0, 0.1) is 5.92 Å². The van der Waals surface area contributed by atoms with E-state index in [1.54, 1.807) is 6.07 Å². The molecule has 0 saturated heterocycles. The quantitative estimate of drug-likeness (QED) is 0.809. The van der Waals surface area contributed by atoms with Crippen molar-refractivity contribution in [3.8, 4) is 5.75 Å². The fourth-order valence-electron chi connectivity index (χ4n) is 1.43. The van der Waals surface area contributed by atoms with Gasteiger partial charge in [0, 0.05) is 11.0 Å². The predicted octanol–water partition coefficient (Wildman–Crippen LogP) is 2.06. The first-order valence-corrected chi connectivity index (χ1v) is 6.68. The zero-order valence-electron chi connectivity index (χ0n) is 10.7. The van der Waals surface area contributed by atoms with Gasteiger partial charge in [-0.3, -0.25) is 4.79 Å². The Hall–Kier alpha value is -1.07. The molecule has 0 spiro atoms. The van der Waals surface area contributed by atoms with E-state index in [0.717, 1.165) is 23.1 Å². The van der Waals surface area contributed by atoms with Crippen LogP contribution in [0.15, 0.2) is 22.7 Å². The number of ether oxygens (including phenoxy) is 1. The Bertz CT molecular complexity index is 408. The van der Waals surface area contributed by atoms with Gasteiger partial charge in [0.05, 0.1) is 0 Å². The number of primary amides is 1. The van der Waals surface area contributed by atoms with E-state index >= 15 is 0 Å². The minimum Gasteiger partial charge on any atom is -0.484 e. The van der Waals surface area contributed by atoms with Crippen molar-refractivity contribution in [2.45, 2.75) is 20.4 Å². The molecule has 0 aliphatic rings. The number of carbonyl (C=O) groups is 1. The molecule has 0 bridgehead atoms. The smallest absolute Gasteiger partial charge is 0.255 e. The molecule has 3 N–H and O–H groups in total. The minimum absolute atomic E-state index is 0.0967. The van der Waals surface area contributed by atoms with Gasteiger partial charge in [0.1, 0.15) is 5.75 Å². The normalized spacial score (nSPS) is 10.7. The fourth-order valence-corrected chi connectivity index (χ4v) is 1.81. The van der Waals surface area contributed by atoms with Crippen LogP contribution in [0.3, 0.4) is 0 Å². The van der Waals surface area contributed by atoms with Gasteiger partial charge in [0.25, 0.3) is 5.91 Å². The zero-order chi connectivity index (χ0) is 13.5. The van der Waals surface area contributed by atoms with E-state index in [1.807, 2.05) is 12.1 Å². The first kappa shape index (κ1) is 15.0. The summed E-state index contributed by atoms with van der Waals surface area (Å²) < 4.78 is 6.29. The van der Waals surface area contributed by atoms with E-state index in [0.29, 0.717) is 11.7 Å². The third-order valence-electron chi connectivity index (χ3n) is 2.27. The molecular formula is C13H19BrN2O2. The van der Waals surface area contributed by atoms with Crippen LogP contribution in [0.2, 0.25) is 0 Å². The maximum absolute atomic E-state index is 10.6. The summed E-state index contributed by atoms with van der Waals surface area (Å²) >= 11 is 3.49. The highest BCUT2D eigenvalue weighted by Gasteiger charge is 2.04. The van der Waals surface area contributed by atoms with Crippen LogP contribution in [-0.2, 0) is 11.3 Å². The topological polar surface area (TPSA) is 64.3 Å². The van der Waals surface area contributed by atoms with Crippen molar-refractivity contribution in [2.75, 3.05) is 13.2 Å².